The molecule has 0 saturated carbocycles. The summed E-state index contributed by atoms with van der Waals surface area (Å²) in [4.78, 5) is 26.5. The Morgan fingerprint density at radius 2 is 2.00 bits per heavy atom. The lowest BCUT2D eigenvalue weighted by molar-refractivity contribution is -0.384. The molecule has 0 N–H and O–H groups in total. The van der Waals surface area contributed by atoms with Crippen molar-refractivity contribution in [3.05, 3.63) is 33.9 Å². The van der Waals surface area contributed by atoms with Crippen LogP contribution in [0.4, 0.5) is 11.4 Å². The van der Waals surface area contributed by atoms with E-state index in [1.54, 1.807) is 6.07 Å². The van der Waals surface area contributed by atoms with Crippen molar-refractivity contribution >= 4 is 17.3 Å². The van der Waals surface area contributed by atoms with Gasteiger partial charge in [-0.2, -0.15) is 5.26 Å². The van der Waals surface area contributed by atoms with Crippen molar-refractivity contribution in [2.75, 3.05) is 31.1 Å². The minimum atomic E-state index is -0.480. The Kier molecular flexibility index (Phi) is 5.17. The average molecular weight is 342 g/mol. The molecule has 7 nitrogen and oxygen atoms in total. The molecule has 2 saturated heterocycles. The third-order valence-electron chi connectivity index (χ3n) is 5.17. The van der Waals surface area contributed by atoms with Gasteiger partial charge in [-0.25, -0.2) is 0 Å². The van der Waals surface area contributed by atoms with Crippen LogP contribution in [0.1, 0.15) is 37.7 Å². The van der Waals surface area contributed by atoms with Gasteiger partial charge in [0.15, 0.2) is 0 Å². The summed E-state index contributed by atoms with van der Waals surface area (Å²) in [6.45, 7) is 3.32. The smallest absolute Gasteiger partial charge is 0.270 e. The topological polar surface area (TPSA) is 90.5 Å². The number of piperidine rings is 2. The second kappa shape index (κ2) is 7.51. The van der Waals surface area contributed by atoms with Gasteiger partial charge in [0.25, 0.3) is 5.69 Å². The van der Waals surface area contributed by atoms with Gasteiger partial charge in [-0.15, -0.1) is 0 Å². The van der Waals surface area contributed by atoms with E-state index in [1.807, 2.05) is 4.90 Å². The number of nitrogens with zero attached hydrogens (tertiary/aromatic N) is 4. The summed E-state index contributed by atoms with van der Waals surface area (Å²) in [6, 6.07) is 6.54. The fourth-order valence-electron chi connectivity index (χ4n) is 3.73. The van der Waals surface area contributed by atoms with Crippen molar-refractivity contribution in [3.63, 3.8) is 0 Å². The summed E-state index contributed by atoms with van der Waals surface area (Å²) >= 11 is 0. The Morgan fingerprint density at radius 1 is 1.24 bits per heavy atom. The molecule has 7 heteroatoms. The molecule has 0 spiro atoms. The first-order chi connectivity index (χ1) is 12.1. The summed E-state index contributed by atoms with van der Waals surface area (Å²) < 4.78 is 0. The summed E-state index contributed by atoms with van der Waals surface area (Å²) in [6.07, 6.45) is 4.70. The van der Waals surface area contributed by atoms with Crippen molar-refractivity contribution in [2.24, 2.45) is 5.92 Å². The normalized spacial score (nSPS) is 18.9. The zero-order chi connectivity index (χ0) is 17.8. The highest BCUT2D eigenvalue weighted by molar-refractivity contribution is 5.76. The zero-order valence-corrected chi connectivity index (χ0v) is 14.2. The van der Waals surface area contributed by atoms with Gasteiger partial charge in [0.2, 0.25) is 5.91 Å². The molecule has 0 radical (unpaired) electrons. The number of rotatable bonds is 4. The van der Waals surface area contributed by atoms with E-state index in [0.717, 1.165) is 57.5 Å². The maximum absolute atomic E-state index is 11.9. The SMILES string of the molecule is N#Cc1cc([N+](=O)[O-])ccc1N1CCC(CN2CCCCC2=O)CC1. The van der Waals surface area contributed by atoms with E-state index in [9.17, 15) is 20.2 Å². The van der Waals surface area contributed by atoms with Crippen molar-refractivity contribution in [1.82, 2.24) is 4.90 Å². The van der Waals surface area contributed by atoms with Crippen molar-refractivity contribution in [2.45, 2.75) is 32.1 Å². The van der Waals surface area contributed by atoms with Crippen molar-refractivity contribution in [3.8, 4) is 6.07 Å². The van der Waals surface area contributed by atoms with Crippen molar-refractivity contribution in [1.29, 1.82) is 5.26 Å². The third-order valence-corrected chi connectivity index (χ3v) is 5.17. The monoisotopic (exact) mass is 342 g/mol. The van der Waals surface area contributed by atoms with E-state index in [4.69, 9.17) is 0 Å². The summed E-state index contributed by atoms with van der Waals surface area (Å²) in [5.41, 5.74) is 1.05. The van der Waals surface area contributed by atoms with Crippen LogP contribution in [0.3, 0.4) is 0 Å². The Hall–Kier alpha value is -2.62. The first-order valence-electron chi connectivity index (χ1n) is 8.79. The summed E-state index contributed by atoms with van der Waals surface area (Å²) in [5, 5.41) is 20.2. The molecule has 2 aliphatic heterocycles. The Bertz CT molecular complexity index is 705. The van der Waals surface area contributed by atoms with E-state index in [1.165, 1.54) is 12.1 Å². The van der Waals surface area contributed by atoms with E-state index < -0.39 is 4.92 Å². The Morgan fingerprint density at radius 3 is 2.64 bits per heavy atom. The van der Waals surface area contributed by atoms with Gasteiger partial charge in [0.05, 0.1) is 16.2 Å². The predicted molar refractivity (Wildman–Crippen MR) is 93.2 cm³/mol. The molecule has 1 amide bonds. The molecule has 2 aliphatic rings. The number of likely N-dealkylation sites (tertiary alicyclic amines) is 1. The molecule has 3 rings (SSSR count). The molecule has 0 bridgehead atoms. The van der Waals surface area contributed by atoms with Gasteiger partial charge in [-0.3, -0.25) is 14.9 Å². The highest BCUT2D eigenvalue weighted by Gasteiger charge is 2.26. The van der Waals surface area contributed by atoms with Crippen LogP contribution < -0.4 is 4.90 Å². The predicted octanol–water partition coefficient (Wildman–Crippen LogP) is 2.70. The number of nitro groups is 1. The molecule has 2 heterocycles. The molecular weight excluding hydrogens is 320 g/mol. The Labute approximate surface area is 147 Å². The number of non-ortho nitro benzene ring substituents is 1. The second-order valence-corrected chi connectivity index (χ2v) is 6.80. The first-order valence-corrected chi connectivity index (χ1v) is 8.79. The first kappa shape index (κ1) is 17.2. The van der Waals surface area contributed by atoms with Crippen LogP contribution in [0.5, 0.6) is 0 Å². The molecule has 2 fully saturated rings. The van der Waals surface area contributed by atoms with E-state index in [0.29, 0.717) is 17.9 Å². The lowest BCUT2D eigenvalue weighted by Gasteiger charge is -2.37. The van der Waals surface area contributed by atoms with Crippen LogP contribution >= 0.6 is 0 Å². The lowest BCUT2D eigenvalue weighted by atomic mass is 9.94. The van der Waals surface area contributed by atoms with Crippen LogP contribution in [-0.2, 0) is 4.79 Å². The number of carbonyl (C=O) groups excluding carboxylic acids is 1. The molecule has 132 valence electrons. The number of benzene rings is 1. The number of anilines is 1. The van der Waals surface area contributed by atoms with Crippen LogP contribution in [0, 0.1) is 27.4 Å². The quantitative estimate of drug-likeness (QED) is 0.620. The van der Waals surface area contributed by atoms with Gasteiger partial charge in [0.1, 0.15) is 6.07 Å². The van der Waals surface area contributed by atoms with E-state index in [2.05, 4.69) is 11.0 Å². The number of hydrogen-bond donors (Lipinski definition) is 0. The van der Waals surface area contributed by atoms with Crippen LogP contribution in [0.15, 0.2) is 18.2 Å². The molecule has 1 aromatic rings. The Balaban J connectivity index is 1.61. The zero-order valence-electron chi connectivity index (χ0n) is 14.2. The van der Waals surface area contributed by atoms with Crippen LogP contribution in [0.2, 0.25) is 0 Å². The lowest BCUT2D eigenvalue weighted by Crippen LogP contribution is -2.42. The highest BCUT2D eigenvalue weighted by Crippen LogP contribution is 2.29. The molecule has 0 atom stereocenters. The molecule has 0 aromatic heterocycles. The fraction of sp³-hybridized carbons (Fsp3) is 0.556. The molecule has 1 aromatic carbocycles. The van der Waals surface area contributed by atoms with Gasteiger partial charge in [-0.05, 0) is 37.7 Å². The number of hydrogen-bond acceptors (Lipinski definition) is 5. The molecule has 0 aliphatic carbocycles. The van der Waals surface area contributed by atoms with Gasteiger partial charge in [-0.1, -0.05) is 0 Å². The molecular formula is C18H22N4O3. The third kappa shape index (κ3) is 3.90. The van der Waals surface area contributed by atoms with Gasteiger partial charge < -0.3 is 9.80 Å². The average Bonchev–Trinajstić information content (AvgIpc) is 2.63. The number of carbonyl (C=O) groups is 1. The molecule has 25 heavy (non-hydrogen) atoms. The highest BCUT2D eigenvalue weighted by atomic mass is 16.6. The number of nitro benzene ring substituents is 1. The summed E-state index contributed by atoms with van der Waals surface area (Å²) in [5.74, 6) is 0.762. The van der Waals surface area contributed by atoms with E-state index >= 15 is 0 Å². The minimum absolute atomic E-state index is 0.0567. The maximum atomic E-state index is 11.9. The fourth-order valence-corrected chi connectivity index (χ4v) is 3.73. The maximum Gasteiger partial charge on any atom is 0.270 e. The van der Waals surface area contributed by atoms with E-state index in [-0.39, 0.29) is 11.6 Å². The molecule has 0 unspecified atom stereocenters. The summed E-state index contributed by atoms with van der Waals surface area (Å²) in [7, 11) is 0. The van der Waals surface area contributed by atoms with Crippen LogP contribution in [0.25, 0.3) is 0 Å². The second-order valence-electron chi connectivity index (χ2n) is 6.80. The largest absolute Gasteiger partial charge is 0.370 e. The van der Waals surface area contributed by atoms with Gasteiger partial charge in [0, 0.05) is 44.7 Å². The number of nitriles is 1. The van der Waals surface area contributed by atoms with Crippen LogP contribution in [-0.4, -0.2) is 41.9 Å². The standard InChI is InChI=1S/C18H22N4O3/c19-12-15-11-16(22(24)25)4-5-17(15)20-9-6-14(7-10-20)13-21-8-2-1-3-18(21)23/h4-5,11,14H,1-3,6-10,13H2. The van der Waals surface area contributed by atoms with Gasteiger partial charge >= 0.3 is 0 Å². The van der Waals surface area contributed by atoms with Crippen molar-refractivity contribution < 1.29 is 9.72 Å². The number of amides is 1. The minimum Gasteiger partial charge on any atom is -0.370 e.